The van der Waals surface area contributed by atoms with E-state index in [2.05, 4.69) is 0 Å². The summed E-state index contributed by atoms with van der Waals surface area (Å²) >= 11 is 0. The van der Waals surface area contributed by atoms with E-state index in [4.69, 9.17) is 20.9 Å². The molecule has 3 aromatic carbocycles. The molecule has 0 amide bonds. The molecule has 0 aliphatic heterocycles. The molecule has 5 nitrogen and oxygen atoms in total. The lowest BCUT2D eigenvalue weighted by atomic mass is 10.0. The molecule has 148 valence electrons. The van der Waals surface area contributed by atoms with E-state index in [1.54, 1.807) is 12.1 Å². The average molecular weight is 388 g/mol. The lowest BCUT2D eigenvalue weighted by Gasteiger charge is -2.09. The van der Waals surface area contributed by atoms with Gasteiger partial charge in [0.2, 0.25) is 0 Å². The Morgan fingerprint density at radius 2 is 1.52 bits per heavy atom. The van der Waals surface area contributed by atoms with Crippen molar-refractivity contribution in [2.45, 2.75) is 6.42 Å². The molecule has 0 saturated carbocycles. The van der Waals surface area contributed by atoms with E-state index < -0.39 is 0 Å². The average Bonchev–Trinajstić information content (AvgIpc) is 2.72. The predicted molar refractivity (Wildman–Crippen MR) is 117 cm³/mol. The summed E-state index contributed by atoms with van der Waals surface area (Å²) in [6, 6.07) is 22.8. The first-order valence-corrected chi connectivity index (χ1v) is 9.39. The van der Waals surface area contributed by atoms with Crippen molar-refractivity contribution in [3.8, 4) is 16.9 Å². The van der Waals surface area contributed by atoms with Crippen molar-refractivity contribution < 1.29 is 14.3 Å². The Morgan fingerprint density at radius 1 is 0.828 bits per heavy atom. The highest BCUT2D eigenvalue weighted by Crippen LogP contribution is 2.26. The minimum Gasteiger partial charge on any atom is -0.493 e. The third-order valence-corrected chi connectivity index (χ3v) is 4.18. The van der Waals surface area contributed by atoms with Crippen molar-refractivity contribution >= 4 is 23.4 Å². The molecule has 29 heavy (non-hydrogen) atoms. The van der Waals surface area contributed by atoms with Crippen LogP contribution >= 0.6 is 0 Å². The largest absolute Gasteiger partial charge is 0.493 e. The van der Waals surface area contributed by atoms with E-state index in [1.807, 2.05) is 66.7 Å². The van der Waals surface area contributed by atoms with E-state index in [-0.39, 0.29) is 5.97 Å². The van der Waals surface area contributed by atoms with Gasteiger partial charge in [-0.3, -0.25) is 0 Å². The van der Waals surface area contributed by atoms with Gasteiger partial charge in [-0.15, -0.1) is 0 Å². The van der Waals surface area contributed by atoms with Crippen molar-refractivity contribution in [1.82, 2.24) is 0 Å². The number of carbonyl (C=O) groups is 1. The van der Waals surface area contributed by atoms with Crippen LogP contribution in [0.4, 0.5) is 11.4 Å². The zero-order valence-corrected chi connectivity index (χ0v) is 16.1. The zero-order chi connectivity index (χ0) is 20.5. The summed E-state index contributed by atoms with van der Waals surface area (Å²) < 4.78 is 10.9. The van der Waals surface area contributed by atoms with E-state index in [9.17, 15) is 4.79 Å². The molecular formula is C24H24N2O3. The Morgan fingerprint density at radius 3 is 2.21 bits per heavy atom. The molecule has 0 heterocycles. The van der Waals surface area contributed by atoms with E-state index >= 15 is 0 Å². The summed E-state index contributed by atoms with van der Waals surface area (Å²) in [4.78, 5) is 11.7. The van der Waals surface area contributed by atoms with Gasteiger partial charge in [0.25, 0.3) is 0 Å². The topological polar surface area (TPSA) is 87.6 Å². The number of rotatable bonds is 8. The second kappa shape index (κ2) is 9.99. The fraction of sp³-hybridized carbons (Fsp3) is 0.125. The van der Waals surface area contributed by atoms with Crippen molar-refractivity contribution in [1.29, 1.82) is 0 Å². The van der Waals surface area contributed by atoms with E-state index in [0.29, 0.717) is 31.0 Å². The van der Waals surface area contributed by atoms with Gasteiger partial charge in [0, 0.05) is 23.9 Å². The normalized spacial score (nSPS) is 10.8. The van der Waals surface area contributed by atoms with Crippen LogP contribution in [0, 0.1) is 0 Å². The number of esters is 1. The van der Waals surface area contributed by atoms with Crippen LogP contribution in [0.5, 0.6) is 5.75 Å². The number of nitrogen functional groups attached to an aromatic ring is 2. The minimum atomic E-state index is -0.361. The van der Waals surface area contributed by atoms with Gasteiger partial charge < -0.3 is 20.9 Å². The predicted octanol–water partition coefficient (Wildman–Crippen LogP) is 4.54. The smallest absolute Gasteiger partial charge is 0.330 e. The molecule has 0 aliphatic rings. The second-order valence-corrected chi connectivity index (χ2v) is 6.53. The van der Waals surface area contributed by atoms with Crippen molar-refractivity contribution in [3.63, 3.8) is 0 Å². The van der Waals surface area contributed by atoms with E-state index in [0.717, 1.165) is 22.4 Å². The fourth-order valence-corrected chi connectivity index (χ4v) is 2.79. The molecular weight excluding hydrogens is 364 g/mol. The SMILES string of the molecule is Nc1cc(N)cc(-c2ccc(OCCCOC(=O)C=Cc3ccccc3)cc2)c1. The number of nitrogens with two attached hydrogens (primary N) is 2. The van der Waals surface area contributed by atoms with Crippen molar-refractivity contribution in [2.24, 2.45) is 0 Å². The second-order valence-electron chi connectivity index (χ2n) is 6.53. The molecule has 0 bridgehead atoms. The van der Waals surface area contributed by atoms with Gasteiger partial charge in [-0.2, -0.15) is 0 Å². The third-order valence-electron chi connectivity index (χ3n) is 4.18. The van der Waals surface area contributed by atoms with Crippen LogP contribution in [-0.2, 0) is 9.53 Å². The number of hydrogen-bond donors (Lipinski definition) is 2. The first-order valence-electron chi connectivity index (χ1n) is 9.39. The van der Waals surface area contributed by atoms with Crippen LogP contribution < -0.4 is 16.2 Å². The molecule has 0 aliphatic carbocycles. The summed E-state index contributed by atoms with van der Waals surface area (Å²) in [5.41, 5.74) is 15.9. The van der Waals surface area contributed by atoms with Gasteiger partial charge in [0.1, 0.15) is 5.75 Å². The molecule has 5 heteroatoms. The van der Waals surface area contributed by atoms with Crippen LogP contribution in [0.3, 0.4) is 0 Å². The zero-order valence-electron chi connectivity index (χ0n) is 16.1. The highest BCUT2D eigenvalue weighted by atomic mass is 16.5. The van der Waals surface area contributed by atoms with E-state index in [1.165, 1.54) is 6.08 Å². The van der Waals surface area contributed by atoms with Gasteiger partial charge >= 0.3 is 5.97 Å². The molecule has 0 fully saturated rings. The Kier molecular flexibility index (Phi) is 6.90. The first-order chi connectivity index (χ1) is 14.1. The summed E-state index contributed by atoms with van der Waals surface area (Å²) in [6.07, 6.45) is 3.77. The Labute approximate surface area is 170 Å². The van der Waals surface area contributed by atoms with Crippen molar-refractivity contribution in [2.75, 3.05) is 24.7 Å². The molecule has 0 radical (unpaired) electrons. The molecule has 0 spiro atoms. The maximum Gasteiger partial charge on any atom is 0.330 e. The van der Waals surface area contributed by atoms with Gasteiger partial charge in [-0.1, -0.05) is 42.5 Å². The number of carbonyl (C=O) groups excluding carboxylic acids is 1. The Hall–Kier alpha value is -3.73. The van der Waals surface area contributed by atoms with Crippen LogP contribution in [-0.4, -0.2) is 19.2 Å². The fourth-order valence-electron chi connectivity index (χ4n) is 2.79. The van der Waals surface area contributed by atoms with Crippen LogP contribution in [0.25, 0.3) is 17.2 Å². The molecule has 3 aromatic rings. The molecule has 0 atom stereocenters. The van der Waals surface area contributed by atoms with Gasteiger partial charge in [-0.25, -0.2) is 4.79 Å². The molecule has 0 aromatic heterocycles. The first kappa shape index (κ1) is 20.0. The number of hydrogen-bond acceptors (Lipinski definition) is 5. The highest BCUT2D eigenvalue weighted by molar-refractivity contribution is 5.87. The summed E-state index contributed by atoms with van der Waals surface area (Å²) in [6.45, 7) is 0.763. The molecule has 0 unspecified atom stereocenters. The quantitative estimate of drug-likeness (QED) is 0.256. The summed E-state index contributed by atoms with van der Waals surface area (Å²) in [7, 11) is 0. The minimum absolute atomic E-state index is 0.304. The van der Waals surface area contributed by atoms with Gasteiger partial charge in [-0.05, 0) is 53.1 Å². The standard InChI is InChI=1S/C24H24N2O3/c25-21-15-20(16-22(26)17-21)19-8-10-23(11-9-19)28-13-4-14-29-24(27)12-7-18-5-2-1-3-6-18/h1-3,5-12,15-17H,4,13-14,25-26H2. The van der Waals surface area contributed by atoms with Crippen LogP contribution in [0.15, 0.2) is 78.9 Å². The monoisotopic (exact) mass is 388 g/mol. The molecule has 0 saturated heterocycles. The maximum atomic E-state index is 11.7. The third kappa shape index (κ3) is 6.43. The van der Waals surface area contributed by atoms with Gasteiger partial charge in [0.05, 0.1) is 13.2 Å². The summed E-state index contributed by atoms with van der Waals surface area (Å²) in [5.74, 6) is 0.389. The van der Waals surface area contributed by atoms with Crippen LogP contribution in [0.1, 0.15) is 12.0 Å². The summed E-state index contributed by atoms with van der Waals surface area (Å²) in [5, 5.41) is 0. The lowest BCUT2D eigenvalue weighted by Crippen LogP contribution is -2.06. The molecule has 4 N–H and O–H groups in total. The number of ether oxygens (including phenoxy) is 2. The number of anilines is 2. The Balaban J connectivity index is 1.39. The lowest BCUT2D eigenvalue weighted by molar-refractivity contribution is -0.137. The number of benzene rings is 3. The van der Waals surface area contributed by atoms with Crippen LogP contribution in [0.2, 0.25) is 0 Å². The molecule has 3 rings (SSSR count). The highest BCUT2D eigenvalue weighted by Gasteiger charge is 2.02. The Bertz CT molecular complexity index is 947. The van der Waals surface area contributed by atoms with Crippen molar-refractivity contribution in [3.05, 3.63) is 84.4 Å². The van der Waals surface area contributed by atoms with Gasteiger partial charge in [0.15, 0.2) is 0 Å². The maximum absolute atomic E-state index is 11.7.